The molecule has 1 amide bonds. The number of nitrogens with one attached hydrogen (secondary N) is 1. The van der Waals surface area contributed by atoms with Crippen molar-refractivity contribution >= 4 is 5.91 Å². The van der Waals surface area contributed by atoms with Crippen molar-refractivity contribution in [3.8, 4) is 0 Å². The van der Waals surface area contributed by atoms with Gasteiger partial charge in [0.15, 0.2) is 0 Å². The first-order valence-electron chi connectivity index (χ1n) is 10.1. The van der Waals surface area contributed by atoms with Crippen LogP contribution in [-0.2, 0) is 17.8 Å². The fraction of sp³-hybridized carbons (Fsp3) is 0.667. The number of hydrogen-bond acceptors (Lipinski definition) is 3. The Morgan fingerprint density at radius 1 is 1.08 bits per heavy atom. The summed E-state index contributed by atoms with van der Waals surface area (Å²) < 4.78 is 0. The normalized spacial score (nSPS) is 35.0. The lowest BCUT2D eigenvalue weighted by Gasteiger charge is -2.53. The molecule has 4 atom stereocenters. The Hall–Kier alpha value is -1.39. The molecule has 0 aliphatic carbocycles. The molecule has 4 nitrogen and oxygen atoms in total. The third kappa shape index (κ3) is 2.89. The van der Waals surface area contributed by atoms with E-state index in [-0.39, 0.29) is 6.04 Å². The molecule has 2 bridgehead atoms. The van der Waals surface area contributed by atoms with Crippen LogP contribution in [0.3, 0.4) is 0 Å². The Balaban J connectivity index is 1.29. The predicted molar refractivity (Wildman–Crippen MR) is 98.2 cm³/mol. The lowest BCUT2D eigenvalue weighted by molar-refractivity contribution is -0.140. The molecule has 0 unspecified atom stereocenters. The number of amides is 1. The van der Waals surface area contributed by atoms with E-state index in [1.807, 2.05) is 0 Å². The molecule has 25 heavy (non-hydrogen) atoms. The van der Waals surface area contributed by atoms with Crippen LogP contribution in [0.15, 0.2) is 24.3 Å². The Kier molecular flexibility index (Phi) is 4.05. The van der Waals surface area contributed by atoms with Crippen LogP contribution in [0.2, 0.25) is 0 Å². The van der Waals surface area contributed by atoms with Crippen molar-refractivity contribution in [2.75, 3.05) is 26.2 Å². The molecule has 1 aromatic carbocycles. The van der Waals surface area contributed by atoms with Gasteiger partial charge in [-0.15, -0.1) is 0 Å². The lowest BCUT2D eigenvalue weighted by Crippen LogP contribution is -2.62. The van der Waals surface area contributed by atoms with Crippen LogP contribution in [0.4, 0.5) is 0 Å². The van der Waals surface area contributed by atoms with Crippen molar-refractivity contribution in [3.05, 3.63) is 35.4 Å². The number of fused-ring (bicyclic) bond motifs is 5. The second-order valence-electron chi connectivity index (χ2n) is 8.57. The largest absolute Gasteiger partial charge is 0.341 e. The summed E-state index contributed by atoms with van der Waals surface area (Å²) in [4.78, 5) is 18.1. The molecule has 4 heterocycles. The first-order valence-corrected chi connectivity index (χ1v) is 10.1. The molecule has 4 aliphatic rings. The van der Waals surface area contributed by atoms with E-state index in [1.165, 1.54) is 49.9 Å². The predicted octanol–water partition coefficient (Wildman–Crippen LogP) is 2.03. The smallest absolute Gasteiger partial charge is 0.240 e. The van der Waals surface area contributed by atoms with Gasteiger partial charge in [-0.05, 0) is 55.2 Å². The maximum atomic E-state index is 13.2. The van der Waals surface area contributed by atoms with E-state index in [9.17, 15) is 4.79 Å². The molecule has 3 saturated heterocycles. The number of rotatable bonds is 1. The number of nitrogens with zero attached hydrogens (tertiary/aromatic N) is 2. The summed E-state index contributed by atoms with van der Waals surface area (Å²) in [5.41, 5.74) is 2.69. The van der Waals surface area contributed by atoms with Gasteiger partial charge in [-0.1, -0.05) is 30.7 Å². The van der Waals surface area contributed by atoms with E-state index in [4.69, 9.17) is 0 Å². The SMILES string of the molecule is O=C([C@H]1Cc2ccccc2CN1)N1C[C@@H]2C[C@H](C1)[C@@H]1CCCCN1C2. The highest BCUT2D eigenvalue weighted by atomic mass is 16.2. The lowest BCUT2D eigenvalue weighted by atomic mass is 9.76. The molecule has 1 aromatic rings. The van der Waals surface area contributed by atoms with Crippen LogP contribution in [0.25, 0.3) is 0 Å². The Labute approximate surface area is 150 Å². The quantitative estimate of drug-likeness (QED) is 0.850. The molecule has 134 valence electrons. The first-order chi connectivity index (χ1) is 12.3. The van der Waals surface area contributed by atoms with Gasteiger partial charge in [0, 0.05) is 32.2 Å². The summed E-state index contributed by atoms with van der Waals surface area (Å²) in [6.07, 6.45) is 6.26. The number of benzene rings is 1. The van der Waals surface area contributed by atoms with Crippen molar-refractivity contribution in [2.45, 2.75) is 50.7 Å². The van der Waals surface area contributed by atoms with Crippen molar-refractivity contribution in [1.82, 2.24) is 15.1 Å². The minimum absolute atomic E-state index is 0.0313. The van der Waals surface area contributed by atoms with Crippen molar-refractivity contribution in [2.24, 2.45) is 11.8 Å². The number of carbonyl (C=O) groups excluding carboxylic acids is 1. The van der Waals surface area contributed by atoms with Gasteiger partial charge in [0.05, 0.1) is 6.04 Å². The topological polar surface area (TPSA) is 35.6 Å². The third-order valence-electron chi connectivity index (χ3n) is 6.96. The fourth-order valence-electron chi connectivity index (χ4n) is 5.80. The van der Waals surface area contributed by atoms with Crippen LogP contribution in [0.1, 0.15) is 36.8 Å². The van der Waals surface area contributed by atoms with Gasteiger partial charge in [0.1, 0.15) is 0 Å². The molecule has 0 aromatic heterocycles. The van der Waals surface area contributed by atoms with Gasteiger partial charge in [-0.25, -0.2) is 0 Å². The van der Waals surface area contributed by atoms with Crippen molar-refractivity contribution in [1.29, 1.82) is 0 Å². The van der Waals surface area contributed by atoms with Crippen molar-refractivity contribution < 1.29 is 4.79 Å². The molecule has 3 fully saturated rings. The number of likely N-dealkylation sites (tertiary alicyclic amines) is 1. The molecule has 5 rings (SSSR count). The van der Waals surface area contributed by atoms with Crippen molar-refractivity contribution in [3.63, 3.8) is 0 Å². The van der Waals surface area contributed by atoms with E-state index in [0.717, 1.165) is 32.1 Å². The van der Waals surface area contributed by atoms with E-state index in [0.29, 0.717) is 17.7 Å². The highest BCUT2D eigenvalue weighted by molar-refractivity contribution is 5.82. The molecule has 0 radical (unpaired) electrons. The van der Waals surface area contributed by atoms with Crippen LogP contribution < -0.4 is 5.32 Å². The summed E-state index contributed by atoms with van der Waals surface area (Å²) in [6, 6.07) is 9.24. The minimum atomic E-state index is -0.0313. The number of piperidine rings is 3. The minimum Gasteiger partial charge on any atom is -0.341 e. The van der Waals surface area contributed by atoms with Gasteiger partial charge in [-0.2, -0.15) is 0 Å². The van der Waals surface area contributed by atoms with Crippen LogP contribution in [0, 0.1) is 11.8 Å². The fourth-order valence-corrected chi connectivity index (χ4v) is 5.80. The molecule has 1 N–H and O–H groups in total. The molecular weight excluding hydrogens is 310 g/mol. The maximum Gasteiger partial charge on any atom is 0.240 e. The third-order valence-corrected chi connectivity index (χ3v) is 6.96. The van der Waals surface area contributed by atoms with E-state index in [1.54, 1.807) is 0 Å². The monoisotopic (exact) mass is 339 g/mol. The molecule has 4 heteroatoms. The van der Waals surface area contributed by atoms with Crippen LogP contribution >= 0.6 is 0 Å². The molecule has 4 aliphatic heterocycles. The highest BCUT2D eigenvalue weighted by Crippen LogP contribution is 2.37. The maximum absolute atomic E-state index is 13.2. The highest BCUT2D eigenvalue weighted by Gasteiger charge is 2.43. The van der Waals surface area contributed by atoms with Crippen LogP contribution in [0.5, 0.6) is 0 Å². The number of carbonyl (C=O) groups is 1. The summed E-state index contributed by atoms with van der Waals surface area (Å²) in [5.74, 6) is 1.73. The molecular formula is C21H29N3O. The van der Waals surface area contributed by atoms with Gasteiger partial charge in [0.25, 0.3) is 0 Å². The van der Waals surface area contributed by atoms with E-state index < -0.39 is 0 Å². The Morgan fingerprint density at radius 3 is 2.88 bits per heavy atom. The average molecular weight is 339 g/mol. The summed E-state index contributed by atoms with van der Waals surface area (Å²) in [7, 11) is 0. The van der Waals surface area contributed by atoms with Crippen LogP contribution in [-0.4, -0.2) is 54.0 Å². The first kappa shape index (κ1) is 15.8. The number of hydrogen-bond donors (Lipinski definition) is 1. The molecule has 0 spiro atoms. The second-order valence-corrected chi connectivity index (χ2v) is 8.57. The second kappa shape index (κ2) is 6.40. The molecule has 0 saturated carbocycles. The summed E-state index contributed by atoms with van der Waals surface area (Å²) in [6.45, 7) is 5.27. The standard InChI is InChI=1S/C21H29N3O/c25-21(19-10-16-5-1-2-6-17(16)11-22-19)24-13-15-9-18(14-24)20-7-3-4-8-23(20)12-15/h1-2,5-6,15,18-20,22H,3-4,7-14H2/t15-,18-,19-,20+/m1/s1. The van der Waals surface area contributed by atoms with Gasteiger partial charge in [-0.3, -0.25) is 9.69 Å². The Bertz CT molecular complexity index is 660. The van der Waals surface area contributed by atoms with Gasteiger partial charge < -0.3 is 10.2 Å². The van der Waals surface area contributed by atoms with E-state index in [2.05, 4.69) is 39.4 Å². The zero-order valence-corrected chi connectivity index (χ0v) is 15.0. The zero-order chi connectivity index (χ0) is 16.8. The Morgan fingerprint density at radius 2 is 1.96 bits per heavy atom. The van der Waals surface area contributed by atoms with Gasteiger partial charge >= 0.3 is 0 Å². The zero-order valence-electron chi connectivity index (χ0n) is 15.0. The summed E-state index contributed by atoms with van der Waals surface area (Å²) >= 11 is 0. The van der Waals surface area contributed by atoms with E-state index >= 15 is 0 Å². The average Bonchev–Trinajstić information content (AvgIpc) is 2.67. The van der Waals surface area contributed by atoms with Gasteiger partial charge in [0.2, 0.25) is 5.91 Å². The summed E-state index contributed by atoms with van der Waals surface area (Å²) in [5, 5.41) is 3.49.